The van der Waals surface area contributed by atoms with E-state index >= 15 is 0 Å². The number of halogens is 2. The third-order valence-electron chi connectivity index (χ3n) is 3.96. The van der Waals surface area contributed by atoms with Crippen molar-refractivity contribution in [3.05, 3.63) is 57.8 Å². The van der Waals surface area contributed by atoms with E-state index in [1.54, 1.807) is 19.4 Å². The van der Waals surface area contributed by atoms with Crippen molar-refractivity contribution in [1.82, 2.24) is 15.2 Å². The van der Waals surface area contributed by atoms with Gasteiger partial charge in [0.2, 0.25) is 0 Å². The standard InChI is InChI=1S/C16H15Cl2N3OS/c1-21-15(10-4-6-13(18)19-8-10)14(20-16(21)23)9-3-5-11(17)12(7-9)22-2/h3-8,14-15H,1-2H3,(H,20,23). The summed E-state index contributed by atoms with van der Waals surface area (Å²) in [5, 5.41) is 5.08. The van der Waals surface area contributed by atoms with Crippen LogP contribution in [-0.2, 0) is 0 Å². The highest BCUT2D eigenvalue weighted by Crippen LogP contribution is 2.40. The number of methoxy groups -OCH3 is 1. The zero-order chi connectivity index (χ0) is 16.6. The molecule has 2 unspecified atom stereocenters. The molecule has 7 heteroatoms. The summed E-state index contributed by atoms with van der Waals surface area (Å²) in [5.74, 6) is 0.638. The van der Waals surface area contributed by atoms with Crippen LogP contribution >= 0.6 is 35.4 Å². The molecule has 1 aromatic heterocycles. The first kappa shape index (κ1) is 16.3. The number of ether oxygens (including phenoxy) is 1. The first-order valence-electron chi connectivity index (χ1n) is 6.99. The molecule has 0 radical (unpaired) electrons. The van der Waals surface area contributed by atoms with Crippen LogP contribution in [0.4, 0.5) is 0 Å². The SMILES string of the molecule is COc1cc(C2NC(=S)N(C)C2c2ccc(Cl)nc2)ccc1Cl. The van der Waals surface area contributed by atoms with Crippen molar-refractivity contribution in [2.24, 2.45) is 0 Å². The lowest BCUT2D eigenvalue weighted by molar-refractivity contribution is 0.369. The molecule has 1 fully saturated rings. The second-order valence-electron chi connectivity index (χ2n) is 5.29. The van der Waals surface area contributed by atoms with Crippen LogP contribution in [-0.4, -0.2) is 29.2 Å². The predicted molar refractivity (Wildman–Crippen MR) is 96.2 cm³/mol. The Morgan fingerprint density at radius 2 is 1.96 bits per heavy atom. The number of thiocarbonyl (C=S) groups is 1. The Bertz CT molecular complexity index is 739. The van der Waals surface area contributed by atoms with Gasteiger partial charge in [-0.1, -0.05) is 35.3 Å². The number of nitrogens with one attached hydrogen (secondary N) is 1. The average molecular weight is 368 g/mol. The lowest BCUT2D eigenvalue weighted by Crippen LogP contribution is -2.24. The van der Waals surface area contributed by atoms with Gasteiger partial charge >= 0.3 is 0 Å². The summed E-state index contributed by atoms with van der Waals surface area (Å²) in [5.41, 5.74) is 2.07. The maximum Gasteiger partial charge on any atom is 0.169 e. The summed E-state index contributed by atoms with van der Waals surface area (Å²) >= 11 is 17.4. The molecule has 1 aliphatic heterocycles. The van der Waals surface area contributed by atoms with Gasteiger partial charge in [-0.25, -0.2) is 4.98 Å². The third kappa shape index (κ3) is 3.09. The van der Waals surface area contributed by atoms with Gasteiger partial charge in [0.1, 0.15) is 10.9 Å². The maximum absolute atomic E-state index is 6.12. The van der Waals surface area contributed by atoms with Gasteiger partial charge < -0.3 is 15.0 Å². The van der Waals surface area contributed by atoms with Crippen LogP contribution < -0.4 is 10.1 Å². The molecule has 0 spiro atoms. The minimum absolute atomic E-state index is 0.0122. The smallest absolute Gasteiger partial charge is 0.169 e. The first-order valence-corrected chi connectivity index (χ1v) is 8.16. The van der Waals surface area contributed by atoms with E-state index in [-0.39, 0.29) is 12.1 Å². The molecule has 3 rings (SSSR count). The largest absolute Gasteiger partial charge is 0.495 e. The molecule has 1 aliphatic rings. The van der Waals surface area contributed by atoms with Gasteiger partial charge in [0.25, 0.3) is 0 Å². The molecule has 1 N–H and O–H groups in total. The quantitative estimate of drug-likeness (QED) is 0.655. The number of benzene rings is 1. The molecule has 4 nitrogen and oxygen atoms in total. The van der Waals surface area contributed by atoms with Crippen molar-refractivity contribution in [1.29, 1.82) is 0 Å². The number of likely N-dealkylation sites (N-methyl/N-ethyl adjacent to an activating group) is 1. The van der Waals surface area contributed by atoms with Crippen LogP contribution in [0.15, 0.2) is 36.5 Å². The van der Waals surface area contributed by atoms with Crippen LogP contribution in [0.1, 0.15) is 23.2 Å². The summed E-state index contributed by atoms with van der Waals surface area (Å²) in [6.07, 6.45) is 1.78. The third-order valence-corrected chi connectivity index (χ3v) is 4.90. The van der Waals surface area contributed by atoms with Crippen LogP contribution in [0, 0.1) is 0 Å². The lowest BCUT2D eigenvalue weighted by atomic mass is 9.95. The zero-order valence-electron chi connectivity index (χ0n) is 12.6. The topological polar surface area (TPSA) is 37.4 Å². The van der Waals surface area contributed by atoms with E-state index in [9.17, 15) is 0 Å². The molecule has 2 atom stereocenters. The molecule has 23 heavy (non-hydrogen) atoms. The highest BCUT2D eigenvalue weighted by molar-refractivity contribution is 7.80. The second kappa shape index (κ2) is 6.51. The van der Waals surface area contributed by atoms with Gasteiger partial charge in [0.05, 0.1) is 24.2 Å². The normalized spacial score (nSPS) is 20.5. The molecular weight excluding hydrogens is 353 g/mol. The summed E-state index contributed by atoms with van der Waals surface area (Å²) in [4.78, 5) is 6.20. The van der Waals surface area contributed by atoms with E-state index in [1.165, 1.54) is 0 Å². The molecule has 0 amide bonds. The van der Waals surface area contributed by atoms with Gasteiger partial charge in [0.15, 0.2) is 5.11 Å². The van der Waals surface area contributed by atoms with E-state index in [0.29, 0.717) is 21.0 Å². The fourth-order valence-corrected chi connectivity index (χ4v) is 3.32. The Kier molecular flexibility index (Phi) is 4.62. The Morgan fingerprint density at radius 3 is 2.61 bits per heavy atom. The van der Waals surface area contributed by atoms with Gasteiger partial charge in [-0.15, -0.1) is 0 Å². The second-order valence-corrected chi connectivity index (χ2v) is 6.47. The molecule has 2 heterocycles. The number of rotatable bonds is 3. The van der Waals surface area contributed by atoms with Crippen LogP contribution in [0.2, 0.25) is 10.2 Å². The highest BCUT2D eigenvalue weighted by atomic mass is 35.5. The van der Waals surface area contributed by atoms with E-state index in [4.69, 9.17) is 40.2 Å². The molecule has 0 saturated carbocycles. The first-order chi connectivity index (χ1) is 11.0. The summed E-state index contributed by atoms with van der Waals surface area (Å²) in [7, 11) is 3.56. The van der Waals surface area contributed by atoms with Gasteiger partial charge in [-0.3, -0.25) is 0 Å². The van der Waals surface area contributed by atoms with Crippen LogP contribution in [0.5, 0.6) is 5.75 Å². The van der Waals surface area contributed by atoms with Crippen LogP contribution in [0.25, 0.3) is 0 Å². The maximum atomic E-state index is 6.12. The lowest BCUT2D eigenvalue weighted by Gasteiger charge is -2.25. The molecule has 2 aromatic rings. The van der Waals surface area contributed by atoms with E-state index < -0.39 is 0 Å². The molecule has 0 bridgehead atoms. The Morgan fingerprint density at radius 1 is 1.22 bits per heavy atom. The van der Waals surface area contributed by atoms with Crippen molar-refractivity contribution in [3.8, 4) is 5.75 Å². The zero-order valence-corrected chi connectivity index (χ0v) is 14.9. The van der Waals surface area contributed by atoms with Gasteiger partial charge in [-0.2, -0.15) is 0 Å². The number of aromatic nitrogens is 1. The molecule has 1 saturated heterocycles. The van der Waals surface area contributed by atoms with E-state index in [2.05, 4.69) is 10.3 Å². The summed E-state index contributed by atoms with van der Waals surface area (Å²) in [6, 6.07) is 9.46. The van der Waals surface area contributed by atoms with Gasteiger partial charge in [0, 0.05) is 13.2 Å². The summed E-state index contributed by atoms with van der Waals surface area (Å²) in [6.45, 7) is 0. The highest BCUT2D eigenvalue weighted by Gasteiger charge is 2.37. The van der Waals surface area contributed by atoms with E-state index in [1.807, 2.05) is 36.2 Å². The number of pyridine rings is 1. The Labute approximate surface area is 150 Å². The number of hydrogen-bond acceptors (Lipinski definition) is 3. The minimum Gasteiger partial charge on any atom is -0.495 e. The van der Waals surface area contributed by atoms with Crippen molar-refractivity contribution in [2.75, 3.05) is 14.2 Å². The fourth-order valence-electron chi connectivity index (χ4n) is 2.78. The number of nitrogens with zero attached hydrogens (tertiary/aromatic N) is 2. The molecule has 1 aromatic carbocycles. The van der Waals surface area contributed by atoms with Crippen molar-refractivity contribution in [3.63, 3.8) is 0 Å². The molecule has 0 aliphatic carbocycles. The van der Waals surface area contributed by atoms with Gasteiger partial charge in [-0.05, 0) is 41.5 Å². The van der Waals surface area contributed by atoms with Crippen molar-refractivity contribution >= 4 is 40.5 Å². The van der Waals surface area contributed by atoms with Crippen LogP contribution in [0.3, 0.4) is 0 Å². The Balaban J connectivity index is 2.02. The van der Waals surface area contributed by atoms with Crippen molar-refractivity contribution in [2.45, 2.75) is 12.1 Å². The summed E-state index contributed by atoms with van der Waals surface area (Å²) < 4.78 is 5.32. The Hall–Kier alpha value is -1.56. The molecule has 120 valence electrons. The van der Waals surface area contributed by atoms with E-state index in [0.717, 1.165) is 11.1 Å². The fraction of sp³-hybridized carbons (Fsp3) is 0.250. The number of hydrogen-bond donors (Lipinski definition) is 1. The van der Waals surface area contributed by atoms with Crippen molar-refractivity contribution < 1.29 is 4.74 Å². The molecular formula is C16H15Cl2N3OS. The minimum atomic E-state index is -0.0263. The average Bonchev–Trinajstić information content (AvgIpc) is 2.84. The monoisotopic (exact) mass is 367 g/mol. The predicted octanol–water partition coefficient (Wildman–Crippen LogP) is 4.00.